The zero-order valence-electron chi connectivity index (χ0n) is 14.8. The number of carbonyl (C=O) groups is 1. The van der Waals surface area contributed by atoms with E-state index in [-0.39, 0.29) is 5.91 Å². The highest BCUT2D eigenvalue weighted by Gasteiger charge is 2.07. The molecule has 0 radical (unpaired) electrons. The minimum absolute atomic E-state index is 0.287. The van der Waals surface area contributed by atoms with Crippen molar-refractivity contribution in [1.29, 1.82) is 5.26 Å². The van der Waals surface area contributed by atoms with Crippen LogP contribution in [0.15, 0.2) is 66.9 Å². The van der Waals surface area contributed by atoms with Gasteiger partial charge in [0.15, 0.2) is 0 Å². The Bertz CT molecular complexity index is 961. The summed E-state index contributed by atoms with van der Waals surface area (Å²) in [7, 11) is 0. The zero-order valence-corrected chi connectivity index (χ0v) is 14.8. The number of benzene rings is 2. The number of nitriles is 1. The summed E-state index contributed by atoms with van der Waals surface area (Å²) in [5.41, 5.74) is 2.35. The van der Waals surface area contributed by atoms with Crippen LogP contribution in [0.5, 0.6) is 5.75 Å². The van der Waals surface area contributed by atoms with Crippen LogP contribution in [-0.2, 0) is 0 Å². The molecule has 3 aromatic rings. The highest BCUT2D eigenvalue weighted by molar-refractivity contribution is 6.04. The summed E-state index contributed by atoms with van der Waals surface area (Å²) in [4.78, 5) is 16.6. The first-order valence-electron chi connectivity index (χ1n) is 8.45. The van der Waals surface area contributed by atoms with Crippen LogP contribution < -0.4 is 15.4 Å². The van der Waals surface area contributed by atoms with Gasteiger partial charge in [0, 0.05) is 17.6 Å². The van der Waals surface area contributed by atoms with Crippen molar-refractivity contribution in [2.24, 2.45) is 0 Å². The molecule has 27 heavy (non-hydrogen) atoms. The van der Waals surface area contributed by atoms with Gasteiger partial charge in [0.2, 0.25) is 0 Å². The zero-order chi connectivity index (χ0) is 19.1. The molecule has 1 heterocycles. The molecule has 1 amide bonds. The van der Waals surface area contributed by atoms with Crippen LogP contribution in [0.3, 0.4) is 0 Å². The summed E-state index contributed by atoms with van der Waals surface area (Å²) in [6, 6.07) is 19.8. The topological polar surface area (TPSA) is 87.0 Å². The summed E-state index contributed by atoms with van der Waals surface area (Å²) >= 11 is 0. The van der Waals surface area contributed by atoms with E-state index in [1.165, 1.54) is 6.20 Å². The van der Waals surface area contributed by atoms with Gasteiger partial charge < -0.3 is 15.4 Å². The molecule has 0 saturated heterocycles. The van der Waals surface area contributed by atoms with Gasteiger partial charge in [-0.15, -0.1) is 0 Å². The Balaban J connectivity index is 1.64. The number of hydrogen-bond acceptors (Lipinski definition) is 5. The summed E-state index contributed by atoms with van der Waals surface area (Å²) in [6.45, 7) is 2.56. The third kappa shape index (κ3) is 4.83. The number of hydrogen-bond donors (Lipinski definition) is 2. The highest BCUT2D eigenvalue weighted by atomic mass is 16.5. The fraction of sp³-hybridized carbons (Fsp3) is 0.0952. The lowest BCUT2D eigenvalue weighted by Crippen LogP contribution is -2.12. The lowest BCUT2D eigenvalue weighted by molar-refractivity contribution is 0.102. The second kappa shape index (κ2) is 8.50. The summed E-state index contributed by atoms with van der Waals surface area (Å²) in [5.74, 6) is 1.15. The largest absolute Gasteiger partial charge is 0.494 e. The molecule has 0 saturated carbocycles. The normalized spacial score (nSPS) is 9.93. The SMILES string of the molecule is CCOc1ccc(Nc2ccc(C(=O)Nc3cccc(C#N)c3)cn2)cc1. The predicted molar refractivity (Wildman–Crippen MR) is 104 cm³/mol. The molecular weight excluding hydrogens is 340 g/mol. The van der Waals surface area contributed by atoms with Gasteiger partial charge in [0.1, 0.15) is 11.6 Å². The minimum Gasteiger partial charge on any atom is -0.494 e. The van der Waals surface area contributed by atoms with Crippen LogP contribution in [0, 0.1) is 11.3 Å². The number of amides is 1. The molecular formula is C21H18N4O2. The maximum absolute atomic E-state index is 12.3. The molecule has 0 fully saturated rings. The number of nitrogens with one attached hydrogen (secondary N) is 2. The molecule has 0 aliphatic carbocycles. The molecule has 134 valence electrons. The number of pyridine rings is 1. The van der Waals surface area contributed by atoms with E-state index < -0.39 is 0 Å². The monoisotopic (exact) mass is 358 g/mol. The number of ether oxygens (including phenoxy) is 1. The van der Waals surface area contributed by atoms with Crippen LogP contribution in [0.25, 0.3) is 0 Å². The van der Waals surface area contributed by atoms with E-state index in [2.05, 4.69) is 15.6 Å². The Kier molecular flexibility index (Phi) is 5.65. The molecule has 0 spiro atoms. The van der Waals surface area contributed by atoms with Crippen LogP contribution >= 0.6 is 0 Å². The molecule has 0 aliphatic heterocycles. The van der Waals surface area contributed by atoms with Crippen LogP contribution in [0.4, 0.5) is 17.2 Å². The average Bonchev–Trinajstić information content (AvgIpc) is 2.70. The number of aromatic nitrogens is 1. The van der Waals surface area contributed by atoms with Crippen LogP contribution in [0.1, 0.15) is 22.8 Å². The Labute approximate surface area is 157 Å². The fourth-order valence-electron chi connectivity index (χ4n) is 2.42. The first kappa shape index (κ1) is 18.0. The lowest BCUT2D eigenvalue weighted by Gasteiger charge is -2.09. The molecule has 2 aromatic carbocycles. The van der Waals surface area contributed by atoms with Crippen molar-refractivity contribution in [2.75, 3.05) is 17.2 Å². The Morgan fingerprint density at radius 3 is 2.59 bits per heavy atom. The van der Waals surface area contributed by atoms with Crippen molar-refractivity contribution in [2.45, 2.75) is 6.92 Å². The highest BCUT2D eigenvalue weighted by Crippen LogP contribution is 2.19. The Hall–Kier alpha value is -3.85. The number of carbonyl (C=O) groups excluding carboxylic acids is 1. The van der Waals surface area contributed by atoms with E-state index in [1.807, 2.05) is 37.3 Å². The van der Waals surface area contributed by atoms with Gasteiger partial charge in [0.25, 0.3) is 5.91 Å². The van der Waals surface area contributed by atoms with E-state index in [9.17, 15) is 4.79 Å². The van der Waals surface area contributed by atoms with Crippen LogP contribution in [-0.4, -0.2) is 17.5 Å². The first-order valence-corrected chi connectivity index (χ1v) is 8.45. The van der Waals surface area contributed by atoms with Crippen molar-refractivity contribution in [3.8, 4) is 11.8 Å². The van der Waals surface area contributed by atoms with Gasteiger partial charge in [-0.3, -0.25) is 4.79 Å². The number of anilines is 3. The molecule has 0 bridgehead atoms. The number of nitrogens with zero attached hydrogens (tertiary/aromatic N) is 2. The van der Waals surface area contributed by atoms with E-state index in [0.29, 0.717) is 29.2 Å². The molecule has 0 aliphatic rings. The summed E-state index contributed by atoms with van der Waals surface area (Å²) in [6.07, 6.45) is 1.50. The molecule has 0 atom stereocenters. The third-order valence-electron chi connectivity index (χ3n) is 3.71. The van der Waals surface area contributed by atoms with Crippen molar-refractivity contribution in [3.05, 3.63) is 78.0 Å². The molecule has 2 N–H and O–H groups in total. The Morgan fingerprint density at radius 2 is 1.93 bits per heavy atom. The van der Waals surface area contributed by atoms with Crippen molar-refractivity contribution in [1.82, 2.24) is 4.98 Å². The standard InChI is InChI=1S/C21H18N4O2/c1-2-27-19-9-7-17(8-10-19)24-20-11-6-16(14-23-20)21(26)25-18-5-3-4-15(12-18)13-22/h3-12,14H,2H2,1H3,(H,23,24)(H,25,26). The van der Waals surface area contributed by atoms with Crippen LogP contribution in [0.2, 0.25) is 0 Å². The van der Waals surface area contributed by atoms with Gasteiger partial charge in [-0.05, 0) is 61.5 Å². The quantitative estimate of drug-likeness (QED) is 0.684. The van der Waals surface area contributed by atoms with Crippen molar-refractivity contribution in [3.63, 3.8) is 0 Å². The van der Waals surface area contributed by atoms with E-state index in [4.69, 9.17) is 10.00 Å². The number of rotatable bonds is 6. The van der Waals surface area contributed by atoms with Gasteiger partial charge in [0.05, 0.1) is 23.8 Å². The van der Waals surface area contributed by atoms with Crippen molar-refractivity contribution >= 4 is 23.1 Å². The molecule has 6 nitrogen and oxygen atoms in total. The van der Waals surface area contributed by atoms with Crippen molar-refractivity contribution < 1.29 is 9.53 Å². The smallest absolute Gasteiger partial charge is 0.257 e. The molecule has 0 unspecified atom stereocenters. The average molecular weight is 358 g/mol. The van der Waals surface area contributed by atoms with Gasteiger partial charge in [-0.1, -0.05) is 6.07 Å². The van der Waals surface area contributed by atoms with Gasteiger partial charge >= 0.3 is 0 Å². The second-order valence-electron chi connectivity index (χ2n) is 5.66. The van der Waals surface area contributed by atoms with E-state index in [1.54, 1.807) is 36.4 Å². The molecule has 1 aromatic heterocycles. The fourth-order valence-corrected chi connectivity index (χ4v) is 2.42. The van der Waals surface area contributed by atoms with Gasteiger partial charge in [-0.2, -0.15) is 5.26 Å². The Morgan fingerprint density at radius 1 is 1.11 bits per heavy atom. The minimum atomic E-state index is -0.287. The lowest BCUT2D eigenvalue weighted by atomic mass is 10.2. The van der Waals surface area contributed by atoms with E-state index in [0.717, 1.165) is 11.4 Å². The van der Waals surface area contributed by atoms with E-state index >= 15 is 0 Å². The summed E-state index contributed by atoms with van der Waals surface area (Å²) < 4.78 is 5.41. The predicted octanol–water partition coefficient (Wildman–Crippen LogP) is 4.35. The second-order valence-corrected chi connectivity index (χ2v) is 5.66. The van der Waals surface area contributed by atoms with Gasteiger partial charge in [-0.25, -0.2) is 4.98 Å². The molecule has 3 rings (SSSR count). The first-order chi connectivity index (χ1) is 13.2. The third-order valence-corrected chi connectivity index (χ3v) is 3.71. The molecule has 6 heteroatoms. The maximum atomic E-state index is 12.3. The summed E-state index contributed by atoms with van der Waals surface area (Å²) in [5, 5.41) is 14.8. The maximum Gasteiger partial charge on any atom is 0.257 e.